The summed E-state index contributed by atoms with van der Waals surface area (Å²) in [5, 5.41) is 29.6. The molecule has 0 spiro atoms. The molecular weight excluding hydrogens is 323 g/mol. The van der Waals surface area contributed by atoms with Gasteiger partial charge in [0, 0.05) is 0 Å². The van der Waals surface area contributed by atoms with E-state index in [-0.39, 0.29) is 34.5 Å². The van der Waals surface area contributed by atoms with Crippen molar-refractivity contribution < 1.29 is 29.3 Å². The SMILES string of the molecule is Oc1ccccc1OB(Oc1ccccc1O)Oc1ccccc1O. The van der Waals surface area contributed by atoms with Crippen molar-refractivity contribution in [3.63, 3.8) is 0 Å². The third kappa shape index (κ3) is 4.08. The van der Waals surface area contributed by atoms with Gasteiger partial charge in [0.15, 0.2) is 17.2 Å². The maximum Gasteiger partial charge on any atom is 0.864 e. The lowest BCUT2D eigenvalue weighted by Crippen LogP contribution is -2.37. The minimum absolute atomic E-state index is 0.103. The molecule has 0 bridgehead atoms. The summed E-state index contributed by atoms with van der Waals surface area (Å²) in [5.74, 6) is 0.0628. The van der Waals surface area contributed by atoms with E-state index in [0.29, 0.717) is 0 Å². The lowest BCUT2D eigenvalue weighted by atomic mass is 10.1. The molecule has 0 saturated carbocycles. The van der Waals surface area contributed by atoms with Crippen LogP contribution in [0.1, 0.15) is 0 Å². The van der Waals surface area contributed by atoms with Gasteiger partial charge >= 0.3 is 7.32 Å². The van der Waals surface area contributed by atoms with Crippen molar-refractivity contribution >= 4 is 7.32 Å². The summed E-state index contributed by atoms with van der Waals surface area (Å²) in [6.07, 6.45) is 0. The Hall–Kier alpha value is -3.48. The Labute approximate surface area is 144 Å². The number of aromatic hydroxyl groups is 3. The molecule has 0 amide bonds. The molecule has 0 heterocycles. The lowest BCUT2D eigenvalue weighted by Gasteiger charge is -2.18. The molecule has 25 heavy (non-hydrogen) atoms. The van der Waals surface area contributed by atoms with Crippen molar-refractivity contribution in [1.29, 1.82) is 0 Å². The highest BCUT2D eigenvalue weighted by molar-refractivity contribution is 6.39. The largest absolute Gasteiger partial charge is 0.864 e. The van der Waals surface area contributed by atoms with Gasteiger partial charge in [0.2, 0.25) is 0 Å². The predicted molar refractivity (Wildman–Crippen MR) is 92.0 cm³/mol. The number of para-hydroxylation sites is 6. The highest BCUT2D eigenvalue weighted by Crippen LogP contribution is 2.31. The summed E-state index contributed by atoms with van der Waals surface area (Å²) in [7, 11) is -1.37. The summed E-state index contributed by atoms with van der Waals surface area (Å²) in [4.78, 5) is 0. The van der Waals surface area contributed by atoms with Gasteiger partial charge in [-0.05, 0) is 36.4 Å². The average Bonchev–Trinajstić information content (AvgIpc) is 2.61. The molecule has 3 rings (SSSR count). The molecule has 3 aromatic carbocycles. The van der Waals surface area contributed by atoms with E-state index < -0.39 is 7.32 Å². The topological polar surface area (TPSA) is 88.4 Å². The van der Waals surface area contributed by atoms with Gasteiger partial charge in [-0.25, -0.2) is 0 Å². The van der Waals surface area contributed by atoms with Crippen LogP contribution in [0.15, 0.2) is 72.8 Å². The first kappa shape index (κ1) is 16.4. The van der Waals surface area contributed by atoms with E-state index in [2.05, 4.69) is 0 Å². The number of rotatable bonds is 6. The molecule has 0 aliphatic heterocycles. The van der Waals surface area contributed by atoms with Gasteiger partial charge in [0.1, 0.15) is 17.2 Å². The first-order chi connectivity index (χ1) is 12.1. The van der Waals surface area contributed by atoms with Crippen LogP contribution >= 0.6 is 0 Å². The van der Waals surface area contributed by atoms with Crippen molar-refractivity contribution in [2.45, 2.75) is 0 Å². The van der Waals surface area contributed by atoms with Crippen molar-refractivity contribution in [2.24, 2.45) is 0 Å². The van der Waals surface area contributed by atoms with Gasteiger partial charge in [-0.1, -0.05) is 36.4 Å². The van der Waals surface area contributed by atoms with E-state index in [1.165, 1.54) is 36.4 Å². The van der Waals surface area contributed by atoms with Gasteiger partial charge in [0.25, 0.3) is 0 Å². The molecule has 0 saturated heterocycles. The van der Waals surface area contributed by atoms with Crippen LogP contribution in [-0.4, -0.2) is 22.6 Å². The van der Waals surface area contributed by atoms with Crippen molar-refractivity contribution in [3.8, 4) is 34.5 Å². The van der Waals surface area contributed by atoms with Crippen LogP contribution in [0.5, 0.6) is 34.5 Å². The maximum absolute atomic E-state index is 9.87. The fourth-order valence-corrected chi connectivity index (χ4v) is 2.05. The molecular formula is C18H15BO6. The summed E-state index contributed by atoms with van der Waals surface area (Å²) in [6.45, 7) is 0. The van der Waals surface area contributed by atoms with E-state index in [0.717, 1.165) is 0 Å². The van der Waals surface area contributed by atoms with Crippen LogP contribution in [0.4, 0.5) is 0 Å². The predicted octanol–water partition coefficient (Wildman–Crippen LogP) is 3.33. The molecule has 0 aliphatic carbocycles. The van der Waals surface area contributed by atoms with Crippen molar-refractivity contribution in [2.75, 3.05) is 0 Å². The monoisotopic (exact) mass is 338 g/mol. The molecule has 3 aromatic rings. The number of phenolic OH excluding ortho intramolecular Hbond substituents is 3. The zero-order chi connectivity index (χ0) is 17.6. The van der Waals surface area contributed by atoms with Crippen LogP contribution in [0.3, 0.4) is 0 Å². The van der Waals surface area contributed by atoms with E-state index in [1.54, 1.807) is 36.4 Å². The Kier molecular flexibility index (Phi) is 4.85. The number of hydrogen-bond donors (Lipinski definition) is 3. The number of hydrogen-bond acceptors (Lipinski definition) is 6. The highest BCUT2D eigenvalue weighted by atomic mass is 16.7. The second-order valence-electron chi connectivity index (χ2n) is 5.05. The second-order valence-corrected chi connectivity index (χ2v) is 5.05. The number of phenols is 3. The minimum atomic E-state index is -1.37. The van der Waals surface area contributed by atoms with Gasteiger partial charge in [-0.15, -0.1) is 0 Å². The average molecular weight is 338 g/mol. The molecule has 0 aliphatic rings. The molecule has 0 fully saturated rings. The van der Waals surface area contributed by atoms with E-state index in [4.69, 9.17) is 14.0 Å². The van der Waals surface area contributed by atoms with Gasteiger partial charge in [0.05, 0.1) is 0 Å². The molecule has 3 N–H and O–H groups in total. The van der Waals surface area contributed by atoms with Gasteiger partial charge in [-0.3, -0.25) is 0 Å². The molecule has 0 atom stereocenters. The Morgan fingerprint density at radius 1 is 0.480 bits per heavy atom. The zero-order valence-corrected chi connectivity index (χ0v) is 13.1. The minimum Gasteiger partial charge on any atom is -0.504 e. The summed E-state index contributed by atoms with van der Waals surface area (Å²) >= 11 is 0. The Balaban J connectivity index is 1.86. The fraction of sp³-hybridized carbons (Fsp3) is 0. The van der Waals surface area contributed by atoms with Crippen molar-refractivity contribution in [1.82, 2.24) is 0 Å². The smallest absolute Gasteiger partial charge is 0.504 e. The quantitative estimate of drug-likeness (QED) is 0.598. The third-order valence-corrected chi connectivity index (χ3v) is 3.27. The highest BCUT2D eigenvalue weighted by Gasteiger charge is 2.32. The van der Waals surface area contributed by atoms with Crippen LogP contribution in [0.2, 0.25) is 0 Å². The number of benzene rings is 3. The van der Waals surface area contributed by atoms with E-state index >= 15 is 0 Å². The third-order valence-electron chi connectivity index (χ3n) is 3.27. The van der Waals surface area contributed by atoms with Crippen LogP contribution in [0.25, 0.3) is 0 Å². The fourth-order valence-electron chi connectivity index (χ4n) is 2.05. The second kappa shape index (κ2) is 7.40. The normalized spacial score (nSPS) is 10.1. The summed E-state index contributed by atoms with van der Waals surface area (Å²) in [6, 6.07) is 18.9. The Bertz CT molecular complexity index is 741. The van der Waals surface area contributed by atoms with Gasteiger partial charge in [-0.2, -0.15) is 0 Å². The lowest BCUT2D eigenvalue weighted by molar-refractivity contribution is 0.286. The zero-order valence-electron chi connectivity index (χ0n) is 13.1. The standard InChI is InChI=1S/C18H15BO6/c20-13-7-1-4-10-16(13)23-19(24-17-11-5-2-8-14(17)21)25-18-12-6-3-9-15(18)22/h1-12,20-22H. The first-order valence-corrected chi connectivity index (χ1v) is 7.47. The molecule has 0 radical (unpaired) electrons. The molecule has 126 valence electrons. The molecule has 0 unspecified atom stereocenters. The molecule has 0 aromatic heterocycles. The summed E-state index contributed by atoms with van der Waals surface area (Å²) in [5.41, 5.74) is 0. The van der Waals surface area contributed by atoms with E-state index in [9.17, 15) is 15.3 Å². The molecule has 7 heteroatoms. The van der Waals surface area contributed by atoms with Gasteiger partial charge < -0.3 is 29.3 Å². The maximum atomic E-state index is 9.87. The van der Waals surface area contributed by atoms with E-state index in [1.807, 2.05) is 0 Å². The Morgan fingerprint density at radius 3 is 1.04 bits per heavy atom. The van der Waals surface area contributed by atoms with Crippen molar-refractivity contribution in [3.05, 3.63) is 72.8 Å². The van der Waals surface area contributed by atoms with Crippen LogP contribution < -0.4 is 14.0 Å². The molecule has 6 nitrogen and oxygen atoms in total. The van der Waals surface area contributed by atoms with Crippen LogP contribution in [-0.2, 0) is 0 Å². The van der Waals surface area contributed by atoms with Crippen LogP contribution in [0, 0.1) is 0 Å². The summed E-state index contributed by atoms with van der Waals surface area (Å²) < 4.78 is 16.6. The first-order valence-electron chi connectivity index (χ1n) is 7.47. The Morgan fingerprint density at radius 2 is 0.760 bits per heavy atom.